The Labute approximate surface area is 169 Å². The molecule has 0 bridgehead atoms. The molecule has 0 aliphatic carbocycles. The number of hydrogen-bond donors (Lipinski definition) is 0. The molecule has 3 aromatic rings. The molecule has 2 heterocycles. The van der Waals surface area contributed by atoms with Crippen molar-refractivity contribution in [2.24, 2.45) is 4.99 Å². The van der Waals surface area contributed by atoms with Gasteiger partial charge in [-0.1, -0.05) is 22.9 Å². The fourth-order valence-corrected chi connectivity index (χ4v) is 4.93. The summed E-state index contributed by atoms with van der Waals surface area (Å²) in [5.74, 6) is 1.17. The smallest absolute Gasteiger partial charge is 0.253 e. The molecular formula is C18H19ClN2O4S2. The van der Waals surface area contributed by atoms with Crippen LogP contribution in [0.15, 0.2) is 29.3 Å². The molecule has 0 aliphatic heterocycles. The molecule has 0 atom stereocenters. The van der Waals surface area contributed by atoms with Gasteiger partial charge in [-0.05, 0) is 24.3 Å². The molecule has 27 heavy (non-hydrogen) atoms. The van der Waals surface area contributed by atoms with Crippen molar-refractivity contribution in [2.75, 3.05) is 27.9 Å². The summed E-state index contributed by atoms with van der Waals surface area (Å²) >= 11 is 8.71. The molecule has 0 aliphatic rings. The number of halogens is 1. The summed E-state index contributed by atoms with van der Waals surface area (Å²) in [6.07, 6.45) is 0.212. The van der Waals surface area contributed by atoms with E-state index in [1.54, 1.807) is 27.4 Å². The maximum atomic E-state index is 12.5. The van der Waals surface area contributed by atoms with Crippen LogP contribution in [0.3, 0.4) is 0 Å². The number of carbonyl (C=O) groups excluding carboxylic acids is 1. The number of ether oxygens (including phenoxy) is 3. The second-order valence-electron chi connectivity index (χ2n) is 5.57. The molecule has 0 N–H and O–H groups in total. The minimum absolute atomic E-state index is 0.212. The van der Waals surface area contributed by atoms with Crippen LogP contribution in [-0.4, -0.2) is 38.4 Å². The highest BCUT2D eigenvalue weighted by atomic mass is 35.5. The van der Waals surface area contributed by atoms with E-state index in [0.29, 0.717) is 33.8 Å². The van der Waals surface area contributed by atoms with Crippen LogP contribution in [0, 0.1) is 0 Å². The van der Waals surface area contributed by atoms with Gasteiger partial charge in [0.05, 0.1) is 31.6 Å². The molecule has 6 nitrogen and oxygen atoms in total. The third-order valence-electron chi connectivity index (χ3n) is 3.89. The predicted molar refractivity (Wildman–Crippen MR) is 108 cm³/mol. The summed E-state index contributed by atoms with van der Waals surface area (Å²) in [4.78, 5) is 18.3. The third-order valence-corrected chi connectivity index (χ3v) is 6.21. The van der Waals surface area contributed by atoms with Gasteiger partial charge in [0.2, 0.25) is 0 Å². The molecule has 0 spiro atoms. The predicted octanol–water partition coefficient (Wildman–Crippen LogP) is 3.75. The van der Waals surface area contributed by atoms with Crippen LogP contribution in [0.1, 0.15) is 4.88 Å². The summed E-state index contributed by atoms with van der Waals surface area (Å²) in [6.45, 7) is 1.02. The van der Waals surface area contributed by atoms with Crippen molar-refractivity contribution >= 4 is 50.4 Å². The van der Waals surface area contributed by atoms with Gasteiger partial charge in [-0.25, -0.2) is 0 Å². The van der Waals surface area contributed by atoms with Crippen LogP contribution >= 0.6 is 34.3 Å². The molecule has 0 unspecified atom stereocenters. The van der Waals surface area contributed by atoms with Crippen LogP contribution in [-0.2, 0) is 22.5 Å². The molecule has 0 radical (unpaired) electrons. The van der Waals surface area contributed by atoms with Crippen molar-refractivity contribution in [2.45, 2.75) is 13.0 Å². The Kier molecular flexibility index (Phi) is 6.54. The zero-order valence-corrected chi connectivity index (χ0v) is 17.5. The maximum absolute atomic E-state index is 12.5. The van der Waals surface area contributed by atoms with Gasteiger partial charge in [-0.15, -0.1) is 11.3 Å². The van der Waals surface area contributed by atoms with Crippen LogP contribution in [0.5, 0.6) is 11.5 Å². The molecule has 0 fully saturated rings. The van der Waals surface area contributed by atoms with Gasteiger partial charge in [-0.2, -0.15) is 4.99 Å². The van der Waals surface area contributed by atoms with Gasteiger partial charge in [-0.3, -0.25) is 4.79 Å². The van der Waals surface area contributed by atoms with E-state index in [0.717, 1.165) is 15.1 Å². The number of amides is 1. The largest absolute Gasteiger partial charge is 0.495 e. The van der Waals surface area contributed by atoms with Crippen molar-refractivity contribution in [1.29, 1.82) is 0 Å². The number of rotatable bonds is 7. The number of nitrogens with zero attached hydrogens (tertiary/aromatic N) is 2. The van der Waals surface area contributed by atoms with Crippen molar-refractivity contribution in [3.63, 3.8) is 0 Å². The number of thiophene rings is 1. The maximum Gasteiger partial charge on any atom is 0.253 e. The normalized spacial score (nSPS) is 11.9. The average molecular weight is 427 g/mol. The lowest BCUT2D eigenvalue weighted by Gasteiger charge is -2.09. The zero-order valence-electron chi connectivity index (χ0n) is 15.2. The minimum atomic E-state index is -0.232. The van der Waals surface area contributed by atoms with E-state index in [9.17, 15) is 4.79 Å². The van der Waals surface area contributed by atoms with Crippen LogP contribution < -0.4 is 14.3 Å². The summed E-state index contributed by atoms with van der Waals surface area (Å²) < 4.78 is 19.7. The Morgan fingerprint density at radius 1 is 1.11 bits per heavy atom. The number of fused-ring (bicyclic) bond motifs is 1. The number of aromatic nitrogens is 1. The first kappa shape index (κ1) is 19.9. The topological polar surface area (TPSA) is 62.1 Å². The average Bonchev–Trinajstić information content (AvgIpc) is 3.22. The first-order chi connectivity index (χ1) is 13.1. The van der Waals surface area contributed by atoms with E-state index in [4.69, 9.17) is 25.8 Å². The fraction of sp³-hybridized carbons (Fsp3) is 0.333. The minimum Gasteiger partial charge on any atom is -0.495 e. The molecule has 9 heteroatoms. The van der Waals surface area contributed by atoms with Gasteiger partial charge in [0.15, 0.2) is 4.80 Å². The molecule has 2 aromatic heterocycles. The third kappa shape index (κ3) is 4.35. The summed E-state index contributed by atoms with van der Waals surface area (Å²) in [5, 5.41) is 0. The van der Waals surface area contributed by atoms with Crippen LogP contribution in [0.2, 0.25) is 4.34 Å². The van der Waals surface area contributed by atoms with Crippen molar-refractivity contribution < 1.29 is 19.0 Å². The number of thiazole rings is 1. The Bertz CT molecular complexity index is 1020. The van der Waals surface area contributed by atoms with Crippen LogP contribution in [0.25, 0.3) is 10.2 Å². The number of benzene rings is 1. The Morgan fingerprint density at radius 2 is 1.85 bits per heavy atom. The van der Waals surface area contributed by atoms with Crippen molar-refractivity contribution in [1.82, 2.24) is 4.57 Å². The number of hydrogen-bond acceptors (Lipinski definition) is 6. The molecule has 0 saturated carbocycles. The SMILES string of the molecule is COCCn1c(=NC(=O)Cc2ccc(Cl)s2)sc2c(OC)ccc(OC)c21. The lowest BCUT2D eigenvalue weighted by molar-refractivity contribution is -0.117. The van der Waals surface area contributed by atoms with Gasteiger partial charge in [0.1, 0.15) is 21.7 Å². The standard InChI is InChI=1S/C18H19ClN2O4S2/c1-23-9-8-21-16-12(24-2)5-6-13(25-3)17(16)27-18(21)20-15(22)10-11-4-7-14(19)26-11/h4-7H,8-10H2,1-3H3. The quantitative estimate of drug-likeness (QED) is 0.577. The van der Waals surface area contributed by atoms with Gasteiger partial charge >= 0.3 is 0 Å². The monoisotopic (exact) mass is 426 g/mol. The summed E-state index contributed by atoms with van der Waals surface area (Å²) in [6, 6.07) is 7.31. The van der Waals surface area contributed by atoms with Crippen molar-refractivity contribution in [3.05, 3.63) is 38.3 Å². The molecule has 1 amide bonds. The summed E-state index contributed by atoms with van der Waals surface area (Å²) in [5.41, 5.74) is 0.838. The zero-order chi connectivity index (χ0) is 19.4. The molecule has 0 saturated heterocycles. The number of methoxy groups -OCH3 is 3. The Balaban J connectivity index is 2.11. The lowest BCUT2D eigenvalue weighted by Crippen LogP contribution is -2.20. The summed E-state index contributed by atoms with van der Waals surface area (Å²) in [7, 11) is 4.86. The highest BCUT2D eigenvalue weighted by molar-refractivity contribution is 7.17. The second-order valence-corrected chi connectivity index (χ2v) is 8.34. The molecule has 1 aromatic carbocycles. The Morgan fingerprint density at radius 3 is 2.48 bits per heavy atom. The first-order valence-electron chi connectivity index (χ1n) is 8.12. The van der Waals surface area contributed by atoms with Gasteiger partial charge < -0.3 is 18.8 Å². The van der Waals surface area contributed by atoms with Crippen molar-refractivity contribution in [3.8, 4) is 11.5 Å². The molecule has 144 valence electrons. The lowest BCUT2D eigenvalue weighted by atomic mass is 10.3. The van der Waals surface area contributed by atoms with E-state index in [-0.39, 0.29) is 12.3 Å². The van der Waals surface area contributed by atoms with Crippen LogP contribution in [0.4, 0.5) is 0 Å². The highest BCUT2D eigenvalue weighted by Crippen LogP contribution is 2.35. The Hall–Kier alpha value is -1.87. The molecule has 3 rings (SSSR count). The molecular weight excluding hydrogens is 408 g/mol. The van der Waals surface area contributed by atoms with Gasteiger partial charge in [0, 0.05) is 18.5 Å². The van der Waals surface area contributed by atoms with E-state index in [1.807, 2.05) is 22.8 Å². The van der Waals surface area contributed by atoms with E-state index in [2.05, 4.69) is 4.99 Å². The van der Waals surface area contributed by atoms with E-state index in [1.165, 1.54) is 22.7 Å². The second kappa shape index (κ2) is 8.88. The highest BCUT2D eigenvalue weighted by Gasteiger charge is 2.16. The fourth-order valence-electron chi connectivity index (χ4n) is 2.67. The van der Waals surface area contributed by atoms with E-state index < -0.39 is 0 Å². The van der Waals surface area contributed by atoms with E-state index >= 15 is 0 Å². The first-order valence-corrected chi connectivity index (χ1v) is 10.1. The number of carbonyl (C=O) groups is 1. The van der Waals surface area contributed by atoms with Gasteiger partial charge in [0.25, 0.3) is 5.91 Å².